The van der Waals surface area contributed by atoms with Crippen molar-refractivity contribution in [1.82, 2.24) is 20.6 Å². The molecule has 1 aromatic carbocycles. The van der Waals surface area contributed by atoms with Gasteiger partial charge in [0.1, 0.15) is 0 Å². The minimum absolute atomic E-state index is 0.133. The second-order valence-electron chi connectivity index (χ2n) is 9.60. The van der Waals surface area contributed by atoms with Gasteiger partial charge in [0, 0.05) is 16.5 Å². The van der Waals surface area contributed by atoms with E-state index in [0.717, 1.165) is 35.9 Å². The van der Waals surface area contributed by atoms with Crippen molar-refractivity contribution < 1.29 is 14.3 Å². The second kappa shape index (κ2) is 13.1. The van der Waals surface area contributed by atoms with Gasteiger partial charge in [-0.1, -0.05) is 44.2 Å². The molecule has 2 unspecified atom stereocenters. The fourth-order valence-electron chi connectivity index (χ4n) is 5.25. The van der Waals surface area contributed by atoms with Crippen molar-refractivity contribution in [2.45, 2.75) is 62.3 Å². The maximum absolute atomic E-state index is 12.9. The number of rotatable bonds is 10. The molecule has 1 aliphatic heterocycles. The van der Waals surface area contributed by atoms with E-state index in [1.807, 2.05) is 24.3 Å². The molecule has 1 saturated carbocycles. The van der Waals surface area contributed by atoms with E-state index < -0.39 is 0 Å². The zero-order chi connectivity index (χ0) is 24.5. The maximum Gasteiger partial charge on any atom is 0.260 e. The van der Waals surface area contributed by atoms with Crippen molar-refractivity contribution in [2.24, 2.45) is 11.8 Å². The molecule has 2 aromatic rings. The third kappa shape index (κ3) is 7.34. The Bertz CT molecular complexity index is 944. The Kier molecular flexibility index (Phi) is 9.66. The highest BCUT2D eigenvalue weighted by atomic mass is 32.2. The van der Waals surface area contributed by atoms with Crippen molar-refractivity contribution in [1.29, 1.82) is 0 Å². The van der Waals surface area contributed by atoms with E-state index in [1.54, 1.807) is 32.2 Å². The summed E-state index contributed by atoms with van der Waals surface area (Å²) in [6.45, 7) is 2.12. The highest BCUT2D eigenvalue weighted by Crippen LogP contribution is 2.31. The number of thioether (sulfide) groups is 1. The van der Waals surface area contributed by atoms with E-state index in [2.05, 4.69) is 20.6 Å². The van der Waals surface area contributed by atoms with Gasteiger partial charge >= 0.3 is 0 Å². The number of carbonyl (C=O) groups excluding carboxylic acids is 1. The molecule has 1 aliphatic carbocycles. The molecule has 0 radical (unpaired) electrons. The number of carbonyl (C=O) groups is 1. The number of methoxy groups -OCH3 is 2. The fourth-order valence-corrected chi connectivity index (χ4v) is 5.96. The first-order chi connectivity index (χ1) is 17.2. The van der Waals surface area contributed by atoms with Gasteiger partial charge < -0.3 is 20.1 Å². The van der Waals surface area contributed by atoms with Crippen LogP contribution in [0.3, 0.4) is 0 Å². The summed E-state index contributed by atoms with van der Waals surface area (Å²) in [7, 11) is 3.12. The number of piperidine rings is 1. The molecule has 4 rings (SSSR count). The number of amides is 1. The van der Waals surface area contributed by atoms with E-state index in [9.17, 15) is 4.79 Å². The Balaban J connectivity index is 1.32. The van der Waals surface area contributed by atoms with Gasteiger partial charge in [0.25, 0.3) is 5.88 Å². The molecule has 1 aromatic heterocycles. The van der Waals surface area contributed by atoms with Crippen LogP contribution in [0.4, 0.5) is 0 Å². The van der Waals surface area contributed by atoms with Gasteiger partial charge in [-0.05, 0) is 56.3 Å². The first kappa shape index (κ1) is 25.8. The summed E-state index contributed by atoms with van der Waals surface area (Å²) < 4.78 is 10.5. The van der Waals surface area contributed by atoms with Crippen molar-refractivity contribution in [2.75, 3.05) is 33.1 Å². The fraction of sp³-hybridized carbons (Fsp3) is 0.593. The van der Waals surface area contributed by atoms with Crippen molar-refractivity contribution >= 4 is 17.7 Å². The summed E-state index contributed by atoms with van der Waals surface area (Å²) in [6, 6.07) is 8.25. The Labute approximate surface area is 213 Å². The molecule has 2 atom stereocenters. The molecular weight excluding hydrogens is 460 g/mol. The van der Waals surface area contributed by atoms with Crippen LogP contribution in [0, 0.1) is 11.8 Å². The van der Waals surface area contributed by atoms with E-state index in [-0.39, 0.29) is 11.9 Å². The molecule has 2 heterocycles. The van der Waals surface area contributed by atoms with Crippen LogP contribution in [-0.2, 0) is 4.79 Å². The number of benzene rings is 1. The zero-order valence-corrected chi connectivity index (χ0v) is 21.7. The van der Waals surface area contributed by atoms with Crippen LogP contribution in [0.2, 0.25) is 0 Å². The average Bonchev–Trinajstić information content (AvgIpc) is 2.92. The molecule has 190 valence electrons. The number of ether oxygens (including phenoxy) is 2. The molecule has 7 nitrogen and oxygen atoms in total. The van der Waals surface area contributed by atoms with Crippen LogP contribution >= 0.6 is 11.8 Å². The highest BCUT2D eigenvalue weighted by Gasteiger charge is 2.28. The van der Waals surface area contributed by atoms with Crippen LogP contribution in [0.15, 0.2) is 35.4 Å². The number of nitrogens with zero attached hydrogens (tertiary/aromatic N) is 2. The van der Waals surface area contributed by atoms with Gasteiger partial charge in [-0.15, -0.1) is 11.8 Å². The molecule has 8 heteroatoms. The number of hydrogen-bond acceptors (Lipinski definition) is 7. The van der Waals surface area contributed by atoms with Gasteiger partial charge in [-0.2, -0.15) is 4.98 Å². The monoisotopic (exact) mass is 498 g/mol. The Morgan fingerprint density at radius 3 is 2.60 bits per heavy atom. The summed E-state index contributed by atoms with van der Waals surface area (Å²) in [6.07, 6.45) is 11.8. The Morgan fingerprint density at radius 1 is 1.11 bits per heavy atom. The van der Waals surface area contributed by atoms with Crippen LogP contribution in [0.25, 0.3) is 11.4 Å². The maximum atomic E-state index is 12.9. The van der Waals surface area contributed by atoms with Gasteiger partial charge in [-0.25, -0.2) is 4.98 Å². The SMILES string of the molecule is COc1cnc(-c2ccc(SCC(=O)NC(CC3CCCCC3)C3CCCNC3)cc2)nc1OC. The molecule has 0 spiro atoms. The third-order valence-corrected chi connectivity index (χ3v) is 8.19. The smallest absolute Gasteiger partial charge is 0.260 e. The first-order valence-corrected chi connectivity index (χ1v) is 13.8. The van der Waals surface area contributed by atoms with Gasteiger partial charge in [0.15, 0.2) is 11.6 Å². The van der Waals surface area contributed by atoms with Gasteiger partial charge in [0.05, 0.1) is 26.2 Å². The van der Waals surface area contributed by atoms with Crippen LogP contribution in [-0.4, -0.2) is 55.0 Å². The predicted molar refractivity (Wildman–Crippen MR) is 140 cm³/mol. The van der Waals surface area contributed by atoms with Crippen LogP contribution < -0.4 is 20.1 Å². The lowest BCUT2D eigenvalue weighted by atomic mass is 9.80. The van der Waals surface area contributed by atoms with Gasteiger partial charge in [0.2, 0.25) is 5.91 Å². The topological polar surface area (TPSA) is 85.4 Å². The third-order valence-electron chi connectivity index (χ3n) is 7.18. The Morgan fingerprint density at radius 2 is 1.91 bits per heavy atom. The number of aromatic nitrogens is 2. The lowest BCUT2D eigenvalue weighted by molar-refractivity contribution is -0.119. The molecule has 2 N–H and O–H groups in total. The van der Waals surface area contributed by atoms with Crippen molar-refractivity contribution in [3.8, 4) is 23.0 Å². The minimum Gasteiger partial charge on any atom is -0.490 e. The molecular formula is C27H38N4O3S. The first-order valence-electron chi connectivity index (χ1n) is 12.8. The quantitative estimate of drug-likeness (QED) is 0.459. The summed E-state index contributed by atoms with van der Waals surface area (Å²) in [5.41, 5.74) is 0.886. The predicted octanol–water partition coefficient (Wildman–Crippen LogP) is 4.71. The molecule has 0 bridgehead atoms. The van der Waals surface area contributed by atoms with Crippen LogP contribution in [0.5, 0.6) is 11.6 Å². The normalized spacial score (nSPS) is 19.7. The lowest BCUT2D eigenvalue weighted by Crippen LogP contribution is -2.47. The second-order valence-corrected chi connectivity index (χ2v) is 10.7. The van der Waals surface area contributed by atoms with E-state index in [0.29, 0.717) is 29.1 Å². The molecule has 2 aliphatic rings. The molecule has 2 fully saturated rings. The molecule has 1 saturated heterocycles. The summed E-state index contributed by atoms with van der Waals surface area (Å²) in [5, 5.41) is 6.95. The van der Waals surface area contributed by atoms with E-state index in [4.69, 9.17) is 9.47 Å². The molecule has 1 amide bonds. The number of nitrogens with one attached hydrogen (secondary N) is 2. The van der Waals surface area contributed by atoms with Crippen molar-refractivity contribution in [3.05, 3.63) is 30.5 Å². The van der Waals surface area contributed by atoms with Gasteiger partial charge in [-0.3, -0.25) is 4.79 Å². The summed E-state index contributed by atoms with van der Waals surface area (Å²) >= 11 is 1.57. The number of hydrogen-bond donors (Lipinski definition) is 2. The standard InChI is InChI=1S/C27H38N4O3S/c1-33-24-17-29-26(31-27(24)34-2)20-10-12-22(13-11-20)35-18-25(32)30-23(21-9-6-14-28-16-21)15-19-7-4-3-5-8-19/h10-13,17,19,21,23,28H,3-9,14-16,18H2,1-2H3,(H,30,32). The Hall–Kier alpha value is -2.32. The lowest BCUT2D eigenvalue weighted by Gasteiger charge is -2.35. The van der Waals surface area contributed by atoms with E-state index >= 15 is 0 Å². The van der Waals surface area contributed by atoms with E-state index in [1.165, 1.54) is 44.9 Å². The molecule has 35 heavy (non-hydrogen) atoms. The average molecular weight is 499 g/mol. The van der Waals surface area contributed by atoms with Crippen LogP contribution in [0.1, 0.15) is 51.4 Å². The largest absolute Gasteiger partial charge is 0.490 e. The zero-order valence-electron chi connectivity index (χ0n) is 20.9. The highest BCUT2D eigenvalue weighted by molar-refractivity contribution is 8.00. The summed E-state index contributed by atoms with van der Waals surface area (Å²) in [5.74, 6) is 3.34. The van der Waals surface area contributed by atoms with Crippen molar-refractivity contribution in [3.63, 3.8) is 0 Å². The summed E-state index contributed by atoms with van der Waals surface area (Å²) in [4.78, 5) is 22.8. The minimum atomic E-state index is 0.133.